The van der Waals surface area contributed by atoms with Crippen molar-refractivity contribution in [2.75, 3.05) is 24.5 Å². The molecule has 2 atom stereocenters. The van der Waals surface area contributed by atoms with Crippen molar-refractivity contribution >= 4 is 22.4 Å². The third-order valence-corrected chi connectivity index (χ3v) is 8.38. The number of aromatic nitrogens is 2. The highest BCUT2D eigenvalue weighted by Crippen LogP contribution is 2.31. The number of nitrogens with one attached hydrogen (secondary N) is 1. The Hall–Kier alpha value is -3.01. The summed E-state index contributed by atoms with van der Waals surface area (Å²) in [4.78, 5) is 17.8. The first-order valence-corrected chi connectivity index (χ1v) is 13.9. The predicted octanol–water partition coefficient (Wildman–Crippen LogP) is 4.32. The van der Waals surface area contributed by atoms with Crippen molar-refractivity contribution in [1.82, 2.24) is 20.4 Å². The van der Waals surface area contributed by atoms with Crippen LogP contribution >= 0.6 is 11.3 Å². The number of fused-ring (bicyclic) bond motifs is 5. The Morgan fingerprint density at radius 1 is 1.00 bits per heavy atom. The molecule has 0 unspecified atom stereocenters. The van der Waals surface area contributed by atoms with Gasteiger partial charge in [-0.25, -0.2) is 0 Å². The lowest BCUT2D eigenvalue weighted by atomic mass is 10.1. The molecule has 3 heterocycles. The van der Waals surface area contributed by atoms with Crippen LogP contribution in [0, 0.1) is 0 Å². The fourth-order valence-electron chi connectivity index (χ4n) is 5.00. The van der Waals surface area contributed by atoms with E-state index in [-0.39, 0.29) is 18.1 Å². The lowest BCUT2D eigenvalue weighted by Crippen LogP contribution is -2.48. The van der Waals surface area contributed by atoms with Crippen molar-refractivity contribution in [2.45, 2.75) is 63.9 Å². The van der Waals surface area contributed by atoms with Gasteiger partial charge in [-0.3, -0.25) is 9.69 Å². The summed E-state index contributed by atoms with van der Waals surface area (Å²) in [5.74, 6) is 1.96. The van der Waals surface area contributed by atoms with E-state index in [0.29, 0.717) is 38.2 Å². The minimum absolute atomic E-state index is 0.0361. The number of benzene rings is 2. The molecule has 9 heteroatoms. The van der Waals surface area contributed by atoms with Gasteiger partial charge in [-0.1, -0.05) is 49.4 Å². The highest BCUT2D eigenvalue weighted by atomic mass is 32.1. The van der Waals surface area contributed by atoms with E-state index >= 15 is 0 Å². The van der Waals surface area contributed by atoms with Crippen molar-refractivity contribution in [1.29, 1.82) is 0 Å². The summed E-state index contributed by atoms with van der Waals surface area (Å²) in [5, 5.41) is 14.0. The number of carbonyl (C=O) groups excluding carboxylic acids is 1. The largest absolute Gasteiger partial charge is 0.457 e. The highest BCUT2D eigenvalue weighted by Gasteiger charge is 2.37. The molecule has 6 rings (SSSR count). The normalized spacial score (nSPS) is 23.0. The summed E-state index contributed by atoms with van der Waals surface area (Å²) in [7, 11) is 0. The molecule has 1 N–H and O–H groups in total. The Bertz CT molecular complexity index is 1260. The Balaban J connectivity index is 1.27. The van der Waals surface area contributed by atoms with E-state index in [9.17, 15) is 4.79 Å². The number of rotatable bonds is 3. The fraction of sp³-hybridized carbons (Fsp3) is 0.464. The van der Waals surface area contributed by atoms with E-state index < -0.39 is 0 Å². The van der Waals surface area contributed by atoms with E-state index in [1.54, 1.807) is 11.3 Å². The zero-order chi connectivity index (χ0) is 25.4. The third-order valence-electron chi connectivity index (χ3n) is 7.10. The third kappa shape index (κ3) is 5.79. The number of carbonyl (C=O) groups is 1. The maximum atomic E-state index is 13.3. The number of anilines is 1. The van der Waals surface area contributed by atoms with Gasteiger partial charge in [0.2, 0.25) is 11.0 Å². The van der Waals surface area contributed by atoms with Gasteiger partial charge in [0.15, 0.2) is 0 Å². The summed E-state index contributed by atoms with van der Waals surface area (Å²) < 4.78 is 12.6. The summed E-state index contributed by atoms with van der Waals surface area (Å²) in [6, 6.07) is 16.5. The average molecular weight is 520 g/mol. The quantitative estimate of drug-likeness (QED) is 0.552. The Morgan fingerprint density at radius 3 is 2.49 bits per heavy atom. The molecule has 1 saturated heterocycles. The molecule has 3 aliphatic rings. The lowest BCUT2D eigenvalue weighted by molar-refractivity contribution is -0.124. The van der Waals surface area contributed by atoms with Crippen molar-refractivity contribution < 1.29 is 14.3 Å². The number of hydrogen-bond acceptors (Lipinski definition) is 8. The molecule has 2 aliphatic heterocycles. The van der Waals surface area contributed by atoms with Gasteiger partial charge in [-0.2, -0.15) is 0 Å². The van der Waals surface area contributed by atoms with Crippen LogP contribution in [0.25, 0.3) is 0 Å². The molecule has 8 nitrogen and oxygen atoms in total. The molecule has 1 saturated carbocycles. The lowest BCUT2D eigenvalue weighted by Gasteiger charge is -2.25. The van der Waals surface area contributed by atoms with Gasteiger partial charge in [0.05, 0.1) is 25.3 Å². The number of amides is 1. The molecular weight excluding hydrogens is 486 g/mol. The van der Waals surface area contributed by atoms with Crippen LogP contribution in [0.5, 0.6) is 11.5 Å². The molecule has 1 amide bonds. The van der Waals surface area contributed by atoms with Crippen LogP contribution in [0.15, 0.2) is 48.5 Å². The SMILES string of the molecule is CC(C)c1nnc(N2C[C@@H]3NC(=O)CN(C4CC4)Cc4cccc(c4)Oc4cccc(c4)CO[C@H]3C2)s1. The molecule has 1 aliphatic carbocycles. The van der Waals surface area contributed by atoms with Gasteiger partial charge in [0.25, 0.3) is 0 Å². The minimum Gasteiger partial charge on any atom is -0.457 e. The van der Waals surface area contributed by atoms with Crippen molar-refractivity contribution in [3.8, 4) is 11.5 Å². The van der Waals surface area contributed by atoms with E-state index in [1.807, 2.05) is 36.4 Å². The Morgan fingerprint density at radius 2 is 1.76 bits per heavy atom. The molecule has 2 fully saturated rings. The minimum atomic E-state index is -0.157. The van der Waals surface area contributed by atoms with Gasteiger partial charge in [-0.15, -0.1) is 10.2 Å². The fourth-order valence-corrected chi connectivity index (χ4v) is 5.86. The first-order valence-electron chi connectivity index (χ1n) is 13.1. The van der Waals surface area contributed by atoms with E-state index in [2.05, 4.69) is 51.3 Å². The maximum absolute atomic E-state index is 13.3. The molecular formula is C28H33N5O3S. The summed E-state index contributed by atoms with van der Waals surface area (Å²) in [6.07, 6.45) is 2.11. The molecule has 3 aromatic rings. The number of nitrogens with zero attached hydrogens (tertiary/aromatic N) is 4. The standard InChI is InChI=1S/C28H33N5O3S/c1-18(2)27-30-31-28(37-27)33-14-24-25(15-33)35-17-20-6-4-8-23(12-20)36-22-7-3-5-19(11-22)13-32(21-9-10-21)16-26(34)29-24/h3-8,11-12,18,21,24-25H,9-10,13-17H2,1-2H3,(H,29,34)/t24-,25-/m0/s1. The van der Waals surface area contributed by atoms with E-state index in [1.165, 1.54) is 0 Å². The van der Waals surface area contributed by atoms with Crippen LogP contribution in [0.2, 0.25) is 0 Å². The monoisotopic (exact) mass is 519 g/mol. The van der Waals surface area contributed by atoms with Crippen LogP contribution in [-0.2, 0) is 22.7 Å². The zero-order valence-corrected chi connectivity index (χ0v) is 22.1. The maximum Gasteiger partial charge on any atom is 0.234 e. The van der Waals surface area contributed by atoms with Crippen LogP contribution in [0.4, 0.5) is 5.13 Å². The van der Waals surface area contributed by atoms with Crippen LogP contribution in [0.1, 0.15) is 48.7 Å². The molecule has 0 radical (unpaired) electrons. The van der Waals surface area contributed by atoms with E-state index in [0.717, 1.165) is 52.2 Å². The van der Waals surface area contributed by atoms with Crippen LogP contribution < -0.4 is 15.0 Å². The predicted molar refractivity (Wildman–Crippen MR) is 143 cm³/mol. The van der Waals surface area contributed by atoms with Gasteiger partial charge < -0.3 is 19.7 Å². The summed E-state index contributed by atoms with van der Waals surface area (Å²) in [6.45, 7) is 7.08. The number of ether oxygens (including phenoxy) is 2. The van der Waals surface area contributed by atoms with Crippen molar-refractivity contribution in [2.24, 2.45) is 0 Å². The smallest absolute Gasteiger partial charge is 0.234 e. The van der Waals surface area contributed by atoms with E-state index in [4.69, 9.17) is 9.47 Å². The average Bonchev–Trinajstić information content (AvgIpc) is 3.46. The van der Waals surface area contributed by atoms with Crippen LogP contribution in [0.3, 0.4) is 0 Å². The van der Waals surface area contributed by atoms with Crippen LogP contribution in [-0.4, -0.2) is 58.8 Å². The Labute approximate surface area is 221 Å². The van der Waals surface area contributed by atoms with Crippen molar-refractivity contribution in [3.63, 3.8) is 0 Å². The second kappa shape index (κ2) is 10.4. The second-order valence-electron chi connectivity index (χ2n) is 10.5. The first-order chi connectivity index (χ1) is 18.0. The highest BCUT2D eigenvalue weighted by molar-refractivity contribution is 7.15. The van der Waals surface area contributed by atoms with Gasteiger partial charge in [0, 0.05) is 31.6 Å². The molecule has 37 heavy (non-hydrogen) atoms. The molecule has 194 valence electrons. The van der Waals surface area contributed by atoms with Gasteiger partial charge in [-0.05, 0) is 48.2 Å². The molecule has 0 spiro atoms. The molecule has 2 aromatic carbocycles. The topological polar surface area (TPSA) is 79.8 Å². The summed E-state index contributed by atoms with van der Waals surface area (Å²) in [5.41, 5.74) is 2.17. The Kier molecular flexibility index (Phi) is 6.84. The number of hydrogen-bond donors (Lipinski definition) is 1. The zero-order valence-electron chi connectivity index (χ0n) is 21.3. The van der Waals surface area contributed by atoms with Gasteiger partial charge in [0.1, 0.15) is 16.5 Å². The van der Waals surface area contributed by atoms with Gasteiger partial charge >= 0.3 is 0 Å². The van der Waals surface area contributed by atoms with Crippen molar-refractivity contribution in [3.05, 3.63) is 64.7 Å². The molecule has 4 bridgehead atoms. The summed E-state index contributed by atoms with van der Waals surface area (Å²) >= 11 is 1.62. The first kappa shape index (κ1) is 24.3. The second-order valence-corrected chi connectivity index (χ2v) is 11.5. The molecule has 1 aromatic heterocycles.